The van der Waals surface area contributed by atoms with Crippen LogP contribution in [-0.4, -0.2) is 10.1 Å². The molecule has 2 nitrogen and oxygen atoms in total. The molecule has 1 atom stereocenters. The molecule has 1 unspecified atom stereocenters. The molecule has 0 bridgehead atoms. The Hall–Kier alpha value is -1.23. The quantitative estimate of drug-likeness (QED) is 0.773. The molecule has 0 saturated heterocycles. The smallest absolute Gasteiger partial charge is 0.0922 e. The molecular formula is C15H12BrNOS. The summed E-state index contributed by atoms with van der Waals surface area (Å²) in [7, 11) is 0. The molecule has 3 aromatic rings. The van der Waals surface area contributed by atoms with Crippen LogP contribution >= 0.6 is 27.3 Å². The first-order valence-electron chi connectivity index (χ1n) is 6.00. The molecule has 3 rings (SSSR count). The molecule has 0 aliphatic rings. The first-order valence-corrected chi connectivity index (χ1v) is 7.61. The normalized spacial score (nSPS) is 12.7. The number of nitrogens with zero attached hydrogens (tertiary/aromatic N) is 1. The monoisotopic (exact) mass is 333 g/mol. The van der Waals surface area contributed by atoms with Gasteiger partial charge in [-0.1, -0.05) is 18.2 Å². The number of thiophene rings is 1. The highest BCUT2D eigenvalue weighted by Gasteiger charge is 2.12. The van der Waals surface area contributed by atoms with Gasteiger partial charge in [0.05, 0.1) is 15.4 Å². The van der Waals surface area contributed by atoms with Gasteiger partial charge < -0.3 is 5.11 Å². The van der Waals surface area contributed by atoms with Crippen molar-refractivity contribution >= 4 is 38.2 Å². The van der Waals surface area contributed by atoms with E-state index < -0.39 is 6.10 Å². The van der Waals surface area contributed by atoms with Crippen LogP contribution in [-0.2, 0) is 6.42 Å². The van der Waals surface area contributed by atoms with Crippen LogP contribution in [0.4, 0.5) is 0 Å². The van der Waals surface area contributed by atoms with Gasteiger partial charge in [0, 0.05) is 22.9 Å². The largest absolute Gasteiger partial charge is 0.387 e. The third-order valence-electron chi connectivity index (χ3n) is 3.08. The van der Waals surface area contributed by atoms with Gasteiger partial charge in [-0.15, -0.1) is 11.3 Å². The third-order valence-corrected chi connectivity index (χ3v) is 4.80. The number of benzene rings is 1. The summed E-state index contributed by atoms with van der Waals surface area (Å²) in [6, 6.07) is 13.9. The fourth-order valence-corrected chi connectivity index (χ4v) is 3.56. The Morgan fingerprint density at radius 1 is 1.16 bits per heavy atom. The standard InChI is InChI=1S/C15H12BrNOS/c16-15-6-5-14(19-15)13(18)9-10-7-8-17-12-4-2-1-3-11(10)12/h1-8,13,18H,9H2. The van der Waals surface area contributed by atoms with Gasteiger partial charge in [0.2, 0.25) is 0 Å². The van der Waals surface area contributed by atoms with E-state index in [2.05, 4.69) is 27.0 Å². The minimum Gasteiger partial charge on any atom is -0.387 e. The van der Waals surface area contributed by atoms with Gasteiger partial charge in [-0.25, -0.2) is 0 Å². The van der Waals surface area contributed by atoms with Crippen LogP contribution in [0, 0.1) is 0 Å². The zero-order valence-electron chi connectivity index (χ0n) is 10.1. The fourth-order valence-electron chi connectivity index (χ4n) is 2.15. The molecule has 1 aromatic carbocycles. The van der Waals surface area contributed by atoms with E-state index in [1.165, 1.54) is 0 Å². The predicted molar refractivity (Wildman–Crippen MR) is 82.4 cm³/mol. The lowest BCUT2D eigenvalue weighted by Crippen LogP contribution is -2.00. The van der Waals surface area contributed by atoms with Crippen LogP contribution in [0.15, 0.2) is 52.4 Å². The predicted octanol–water partition coefficient (Wildman–Crippen LogP) is 4.33. The topological polar surface area (TPSA) is 33.1 Å². The number of halogens is 1. The van der Waals surface area contributed by atoms with Gasteiger partial charge >= 0.3 is 0 Å². The fraction of sp³-hybridized carbons (Fsp3) is 0.133. The second kappa shape index (κ2) is 5.41. The van der Waals surface area contributed by atoms with Gasteiger partial charge in [-0.3, -0.25) is 4.98 Å². The highest BCUT2D eigenvalue weighted by molar-refractivity contribution is 9.11. The number of aliphatic hydroxyl groups is 1. The number of hydrogen-bond donors (Lipinski definition) is 1. The SMILES string of the molecule is OC(Cc1ccnc2ccccc12)c1ccc(Br)s1. The van der Waals surface area contributed by atoms with Crippen molar-refractivity contribution in [2.45, 2.75) is 12.5 Å². The molecule has 0 saturated carbocycles. The van der Waals surface area contributed by atoms with Crippen LogP contribution in [0.25, 0.3) is 10.9 Å². The van der Waals surface area contributed by atoms with Crippen molar-refractivity contribution in [2.75, 3.05) is 0 Å². The van der Waals surface area contributed by atoms with Crippen LogP contribution in [0.2, 0.25) is 0 Å². The molecule has 1 N–H and O–H groups in total. The first kappa shape index (κ1) is 12.8. The maximum absolute atomic E-state index is 10.3. The van der Waals surface area contributed by atoms with Crippen molar-refractivity contribution in [2.24, 2.45) is 0 Å². The van der Waals surface area contributed by atoms with Crippen molar-refractivity contribution in [1.82, 2.24) is 4.98 Å². The van der Waals surface area contributed by atoms with Crippen LogP contribution in [0.5, 0.6) is 0 Å². The molecule has 2 aromatic heterocycles. The van der Waals surface area contributed by atoms with Gasteiger partial charge in [-0.05, 0) is 45.8 Å². The third kappa shape index (κ3) is 2.71. The van der Waals surface area contributed by atoms with Gasteiger partial charge in [0.25, 0.3) is 0 Å². The van der Waals surface area contributed by atoms with Crippen molar-refractivity contribution in [3.63, 3.8) is 0 Å². The maximum atomic E-state index is 10.3. The molecule has 2 heterocycles. The maximum Gasteiger partial charge on any atom is 0.0922 e. The Labute approximate surface area is 123 Å². The molecule has 0 spiro atoms. The number of pyridine rings is 1. The summed E-state index contributed by atoms with van der Waals surface area (Å²) in [5, 5.41) is 11.4. The summed E-state index contributed by atoms with van der Waals surface area (Å²) < 4.78 is 1.04. The Kier molecular flexibility index (Phi) is 3.64. The lowest BCUT2D eigenvalue weighted by atomic mass is 10.0. The summed E-state index contributed by atoms with van der Waals surface area (Å²) >= 11 is 4.99. The van der Waals surface area contributed by atoms with Crippen molar-refractivity contribution in [3.05, 3.63) is 62.9 Å². The van der Waals surface area contributed by atoms with E-state index in [1.54, 1.807) is 17.5 Å². The van der Waals surface area contributed by atoms with E-state index in [0.717, 1.165) is 25.1 Å². The Balaban J connectivity index is 1.93. The van der Waals surface area contributed by atoms with Crippen LogP contribution < -0.4 is 0 Å². The Morgan fingerprint density at radius 3 is 2.79 bits per heavy atom. The summed E-state index contributed by atoms with van der Waals surface area (Å²) in [5.41, 5.74) is 2.10. The first-order chi connectivity index (χ1) is 9.24. The van der Waals surface area contributed by atoms with Crippen LogP contribution in [0.3, 0.4) is 0 Å². The molecule has 96 valence electrons. The van der Waals surface area contributed by atoms with E-state index in [1.807, 2.05) is 36.4 Å². The van der Waals surface area contributed by atoms with Crippen LogP contribution in [0.1, 0.15) is 16.5 Å². The average Bonchev–Trinajstić information content (AvgIpc) is 2.86. The van der Waals surface area contributed by atoms with Gasteiger partial charge in [0.1, 0.15) is 0 Å². The number of aromatic nitrogens is 1. The summed E-state index contributed by atoms with van der Waals surface area (Å²) in [6.45, 7) is 0. The number of rotatable bonds is 3. The highest BCUT2D eigenvalue weighted by Crippen LogP contribution is 2.30. The van der Waals surface area contributed by atoms with E-state index >= 15 is 0 Å². The van der Waals surface area contributed by atoms with Gasteiger partial charge in [-0.2, -0.15) is 0 Å². The number of hydrogen-bond acceptors (Lipinski definition) is 3. The van der Waals surface area contributed by atoms with E-state index in [0.29, 0.717) is 6.42 Å². The zero-order chi connectivity index (χ0) is 13.2. The van der Waals surface area contributed by atoms with Crippen molar-refractivity contribution < 1.29 is 5.11 Å². The molecule has 19 heavy (non-hydrogen) atoms. The molecule has 0 fully saturated rings. The highest BCUT2D eigenvalue weighted by atomic mass is 79.9. The van der Waals surface area contributed by atoms with E-state index in [9.17, 15) is 5.11 Å². The Morgan fingerprint density at radius 2 is 2.00 bits per heavy atom. The molecule has 0 aliphatic heterocycles. The molecule has 0 radical (unpaired) electrons. The molecule has 0 amide bonds. The number of para-hydroxylation sites is 1. The summed E-state index contributed by atoms with van der Waals surface area (Å²) in [5.74, 6) is 0. The second-order valence-electron chi connectivity index (χ2n) is 4.35. The van der Waals surface area contributed by atoms with Crippen molar-refractivity contribution in [3.8, 4) is 0 Å². The summed E-state index contributed by atoms with van der Waals surface area (Å²) in [4.78, 5) is 5.32. The van der Waals surface area contributed by atoms with Crippen molar-refractivity contribution in [1.29, 1.82) is 0 Å². The number of fused-ring (bicyclic) bond motifs is 1. The minimum atomic E-state index is -0.470. The molecule has 4 heteroatoms. The number of aliphatic hydroxyl groups excluding tert-OH is 1. The lowest BCUT2D eigenvalue weighted by molar-refractivity contribution is 0.182. The summed E-state index contributed by atoms with van der Waals surface area (Å²) in [6.07, 6.45) is 1.94. The van der Waals surface area contributed by atoms with E-state index in [-0.39, 0.29) is 0 Å². The minimum absolute atomic E-state index is 0.470. The lowest BCUT2D eigenvalue weighted by Gasteiger charge is -2.10. The molecule has 0 aliphatic carbocycles. The zero-order valence-corrected chi connectivity index (χ0v) is 12.5. The van der Waals surface area contributed by atoms with E-state index in [4.69, 9.17) is 0 Å². The molecular weight excluding hydrogens is 322 g/mol. The Bertz CT molecular complexity index is 705. The second-order valence-corrected chi connectivity index (χ2v) is 6.84. The van der Waals surface area contributed by atoms with Gasteiger partial charge in [0.15, 0.2) is 0 Å². The average molecular weight is 334 g/mol.